The summed E-state index contributed by atoms with van der Waals surface area (Å²) < 4.78 is 0. The standard InChI is InChI=1S/C35H35N7O2/c43-33(42-20-18-41(19-21-42)30-7-3-27(4-8-30)34-37-13-1-14-38-34)24-40-17-12-28(23-40)35(44)39-29-6-2-25-5-9-31(32(25)22-29)26-10-15-36-16-11-26/h1-4,6-11,13-16,22,28H,5,12,17-21,23-24H2,(H,39,44). The van der Waals surface area contributed by atoms with Crippen molar-refractivity contribution in [2.75, 3.05) is 56.0 Å². The molecule has 0 spiro atoms. The second kappa shape index (κ2) is 12.4. The van der Waals surface area contributed by atoms with E-state index in [1.54, 1.807) is 24.8 Å². The molecule has 2 aromatic heterocycles. The normalized spacial score (nSPS) is 18.2. The Balaban J connectivity index is 0.886. The number of pyridine rings is 1. The molecule has 3 aliphatic rings. The maximum Gasteiger partial charge on any atom is 0.236 e. The molecule has 2 amide bonds. The van der Waals surface area contributed by atoms with Crippen LogP contribution in [0, 0.1) is 5.92 Å². The maximum atomic E-state index is 13.2. The van der Waals surface area contributed by atoms with E-state index in [1.807, 2.05) is 41.3 Å². The number of hydrogen-bond acceptors (Lipinski definition) is 7. The fraction of sp³-hybridized carbons (Fsp3) is 0.286. The Morgan fingerprint density at radius 2 is 1.61 bits per heavy atom. The van der Waals surface area contributed by atoms with E-state index in [0.717, 1.165) is 60.5 Å². The van der Waals surface area contributed by atoms with Crippen LogP contribution in [0.1, 0.15) is 23.1 Å². The number of carbonyl (C=O) groups is 2. The highest BCUT2D eigenvalue weighted by Crippen LogP contribution is 2.34. The Hall–Kier alpha value is -4.89. The lowest BCUT2D eigenvalue weighted by molar-refractivity contribution is -0.132. The molecule has 2 saturated heterocycles. The van der Waals surface area contributed by atoms with E-state index in [-0.39, 0.29) is 17.7 Å². The molecular weight excluding hydrogens is 550 g/mol. The van der Waals surface area contributed by atoms with Gasteiger partial charge in [-0.25, -0.2) is 9.97 Å². The van der Waals surface area contributed by atoms with E-state index in [0.29, 0.717) is 32.0 Å². The molecule has 9 nitrogen and oxygen atoms in total. The number of fused-ring (bicyclic) bond motifs is 1. The molecule has 2 aromatic carbocycles. The van der Waals surface area contributed by atoms with Crippen LogP contribution in [-0.2, 0) is 16.0 Å². The second-order valence-electron chi connectivity index (χ2n) is 11.6. The summed E-state index contributed by atoms with van der Waals surface area (Å²) in [7, 11) is 0. The second-order valence-corrected chi connectivity index (χ2v) is 11.6. The van der Waals surface area contributed by atoms with Crippen molar-refractivity contribution >= 4 is 28.8 Å². The van der Waals surface area contributed by atoms with Crippen LogP contribution in [0.25, 0.3) is 17.0 Å². The molecule has 1 atom stereocenters. The first kappa shape index (κ1) is 27.9. The summed E-state index contributed by atoms with van der Waals surface area (Å²) in [6.45, 7) is 4.66. The number of carbonyl (C=O) groups excluding carboxylic acids is 2. The Bertz CT molecular complexity index is 1670. The summed E-state index contributed by atoms with van der Waals surface area (Å²) in [5, 5.41) is 3.14. The number of allylic oxidation sites excluding steroid dienone is 1. The third kappa shape index (κ3) is 5.96. The summed E-state index contributed by atoms with van der Waals surface area (Å²) in [4.78, 5) is 45.5. The van der Waals surface area contributed by atoms with E-state index in [9.17, 15) is 9.59 Å². The largest absolute Gasteiger partial charge is 0.368 e. The summed E-state index contributed by atoms with van der Waals surface area (Å²) >= 11 is 0. The van der Waals surface area contributed by atoms with Crippen LogP contribution in [0.5, 0.6) is 0 Å². The molecule has 0 bridgehead atoms. The van der Waals surface area contributed by atoms with Gasteiger partial charge in [0.05, 0.1) is 12.5 Å². The number of hydrogen-bond donors (Lipinski definition) is 1. The van der Waals surface area contributed by atoms with Crippen LogP contribution in [0.4, 0.5) is 11.4 Å². The van der Waals surface area contributed by atoms with E-state index < -0.39 is 0 Å². The first-order valence-electron chi connectivity index (χ1n) is 15.3. The lowest BCUT2D eigenvalue weighted by Crippen LogP contribution is -2.51. The average Bonchev–Trinajstić information content (AvgIpc) is 3.73. The van der Waals surface area contributed by atoms with Gasteiger partial charge < -0.3 is 15.1 Å². The van der Waals surface area contributed by atoms with Crippen LogP contribution >= 0.6 is 0 Å². The molecule has 4 aromatic rings. The molecule has 2 aliphatic heterocycles. The predicted octanol–water partition coefficient (Wildman–Crippen LogP) is 4.14. The molecule has 9 heteroatoms. The minimum Gasteiger partial charge on any atom is -0.368 e. The molecule has 4 heterocycles. The van der Waals surface area contributed by atoms with E-state index in [4.69, 9.17) is 0 Å². The fourth-order valence-corrected chi connectivity index (χ4v) is 6.42. The van der Waals surface area contributed by atoms with Gasteiger partial charge in [-0.1, -0.05) is 12.1 Å². The average molecular weight is 586 g/mol. The minimum atomic E-state index is -0.132. The molecule has 7 rings (SSSR count). The topological polar surface area (TPSA) is 94.6 Å². The lowest BCUT2D eigenvalue weighted by atomic mass is 9.99. The van der Waals surface area contributed by atoms with Crippen molar-refractivity contribution < 1.29 is 9.59 Å². The fourth-order valence-electron chi connectivity index (χ4n) is 6.42. The maximum absolute atomic E-state index is 13.2. The number of piperazine rings is 1. The van der Waals surface area contributed by atoms with Gasteiger partial charge in [0.2, 0.25) is 11.8 Å². The van der Waals surface area contributed by atoms with Crippen molar-refractivity contribution in [2.24, 2.45) is 5.92 Å². The molecule has 222 valence electrons. The summed E-state index contributed by atoms with van der Waals surface area (Å²) in [6.07, 6.45) is 11.0. The number of likely N-dealkylation sites (tertiary alicyclic amines) is 1. The Kier molecular flexibility index (Phi) is 7.85. The summed E-state index contributed by atoms with van der Waals surface area (Å²) in [5.74, 6) is 0.738. The third-order valence-corrected chi connectivity index (χ3v) is 8.88. The predicted molar refractivity (Wildman–Crippen MR) is 171 cm³/mol. The Labute approximate surface area is 257 Å². The van der Waals surface area contributed by atoms with Gasteiger partial charge in [0.1, 0.15) is 0 Å². The number of benzene rings is 2. The molecular formula is C35H35N7O2. The highest BCUT2D eigenvalue weighted by Gasteiger charge is 2.31. The van der Waals surface area contributed by atoms with Gasteiger partial charge in [0, 0.05) is 74.4 Å². The third-order valence-electron chi connectivity index (χ3n) is 8.88. The van der Waals surface area contributed by atoms with Crippen molar-refractivity contribution in [1.82, 2.24) is 24.8 Å². The number of nitrogens with zero attached hydrogens (tertiary/aromatic N) is 6. The molecule has 0 radical (unpaired) electrons. The number of rotatable bonds is 7. The van der Waals surface area contributed by atoms with E-state index >= 15 is 0 Å². The highest BCUT2D eigenvalue weighted by atomic mass is 16.2. The van der Waals surface area contributed by atoms with Crippen molar-refractivity contribution in [2.45, 2.75) is 12.8 Å². The van der Waals surface area contributed by atoms with Crippen LogP contribution in [0.15, 0.2) is 91.5 Å². The summed E-state index contributed by atoms with van der Waals surface area (Å²) in [5.41, 5.74) is 7.67. The van der Waals surface area contributed by atoms with Crippen LogP contribution in [-0.4, -0.2) is 82.4 Å². The quantitative estimate of drug-likeness (QED) is 0.349. The van der Waals surface area contributed by atoms with Gasteiger partial charge in [-0.05, 0) is 96.2 Å². The number of amides is 2. The molecule has 44 heavy (non-hydrogen) atoms. The highest BCUT2D eigenvalue weighted by molar-refractivity contribution is 5.94. The van der Waals surface area contributed by atoms with E-state index in [2.05, 4.69) is 60.4 Å². The molecule has 1 aliphatic carbocycles. The smallest absolute Gasteiger partial charge is 0.236 e. The molecule has 1 N–H and O–H groups in total. The monoisotopic (exact) mass is 585 g/mol. The van der Waals surface area contributed by atoms with Crippen LogP contribution in [0.2, 0.25) is 0 Å². The first-order valence-corrected chi connectivity index (χ1v) is 15.3. The summed E-state index contributed by atoms with van der Waals surface area (Å²) in [6, 6.07) is 20.3. The zero-order valence-corrected chi connectivity index (χ0v) is 24.6. The molecule has 2 fully saturated rings. The van der Waals surface area contributed by atoms with Gasteiger partial charge >= 0.3 is 0 Å². The number of anilines is 2. The van der Waals surface area contributed by atoms with Gasteiger partial charge in [0.25, 0.3) is 0 Å². The minimum absolute atomic E-state index is 0.0193. The van der Waals surface area contributed by atoms with Crippen LogP contribution in [0.3, 0.4) is 0 Å². The zero-order valence-electron chi connectivity index (χ0n) is 24.6. The zero-order chi connectivity index (χ0) is 29.9. The van der Waals surface area contributed by atoms with Gasteiger partial charge in [-0.3, -0.25) is 19.5 Å². The molecule has 0 saturated carbocycles. The number of nitrogens with one attached hydrogen (secondary N) is 1. The number of aromatic nitrogens is 3. The van der Waals surface area contributed by atoms with Crippen LogP contribution < -0.4 is 10.2 Å². The van der Waals surface area contributed by atoms with Crippen molar-refractivity contribution in [3.63, 3.8) is 0 Å². The van der Waals surface area contributed by atoms with Crippen molar-refractivity contribution in [3.8, 4) is 11.4 Å². The molecule has 1 unspecified atom stereocenters. The lowest BCUT2D eigenvalue weighted by Gasteiger charge is -2.36. The Morgan fingerprint density at radius 1 is 0.841 bits per heavy atom. The SMILES string of the molecule is O=C(Nc1ccc2c(c1)C(c1ccncc1)=CC2)C1CCN(CC(=O)N2CCN(c3ccc(-c4ncccn4)cc3)CC2)C1. The van der Waals surface area contributed by atoms with E-state index in [1.165, 1.54) is 11.1 Å². The Morgan fingerprint density at radius 3 is 2.39 bits per heavy atom. The van der Waals surface area contributed by atoms with Crippen molar-refractivity contribution in [3.05, 3.63) is 108 Å². The van der Waals surface area contributed by atoms with Gasteiger partial charge in [-0.15, -0.1) is 0 Å². The van der Waals surface area contributed by atoms with Gasteiger partial charge in [-0.2, -0.15) is 0 Å². The van der Waals surface area contributed by atoms with Gasteiger partial charge in [0.15, 0.2) is 5.82 Å². The van der Waals surface area contributed by atoms with Crippen molar-refractivity contribution in [1.29, 1.82) is 0 Å². The first-order chi connectivity index (χ1) is 21.6.